The van der Waals surface area contributed by atoms with Gasteiger partial charge in [0, 0.05) is 25.7 Å². The van der Waals surface area contributed by atoms with E-state index in [9.17, 15) is 18.0 Å². The number of alkyl halides is 2. The van der Waals surface area contributed by atoms with Crippen LogP contribution in [0, 0.1) is 5.82 Å². The van der Waals surface area contributed by atoms with Gasteiger partial charge in [0.15, 0.2) is 11.6 Å². The highest BCUT2D eigenvalue weighted by molar-refractivity contribution is 5.67. The van der Waals surface area contributed by atoms with Crippen LogP contribution in [0.4, 0.5) is 18.0 Å². The van der Waals surface area contributed by atoms with E-state index >= 15 is 0 Å². The number of carbonyl (C=O) groups excluding carboxylic acids is 1. The van der Waals surface area contributed by atoms with Crippen LogP contribution in [0.3, 0.4) is 0 Å². The standard InChI is InChI=1S/C15H19F3N2O3/c1-22-15(21)20-6-4-11(5-7-20)19-9-10-2-3-13(12(16)8-10)23-14(17)18/h2-3,8,11,14,19H,4-7,9H2,1H3. The molecule has 0 aromatic heterocycles. The second-order valence-corrected chi connectivity index (χ2v) is 5.26. The number of carbonyl (C=O) groups is 1. The van der Waals surface area contributed by atoms with Gasteiger partial charge in [0.1, 0.15) is 0 Å². The number of amides is 1. The van der Waals surface area contributed by atoms with Crippen molar-refractivity contribution >= 4 is 6.09 Å². The van der Waals surface area contributed by atoms with Crippen molar-refractivity contribution in [3.8, 4) is 5.75 Å². The van der Waals surface area contributed by atoms with Gasteiger partial charge in [-0.05, 0) is 30.5 Å². The van der Waals surface area contributed by atoms with Crippen molar-refractivity contribution in [2.75, 3.05) is 20.2 Å². The van der Waals surface area contributed by atoms with Crippen molar-refractivity contribution in [1.29, 1.82) is 0 Å². The van der Waals surface area contributed by atoms with Crippen molar-refractivity contribution in [3.05, 3.63) is 29.6 Å². The maximum atomic E-state index is 13.6. The lowest BCUT2D eigenvalue weighted by Gasteiger charge is -2.31. The van der Waals surface area contributed by atoms with Crippen molar-refractivity contribution in [3.63, 3.8) is 0 Å². The number of piperidine rings is 1. The van der Waals surface area contributed by atoms with Crippen molar-refractivity contribution in [2.45, 2.75) is 32.0 Å². The number of halogens is 3. The molecule has 1 amide bonds. The molecule has 1 fully saturated rings. The molecule has 0 unspecified atom stereocenters. The number of hydrogen-bond acceptors (Lipinski definition) is 4. The lowest BCUT2D eigenvalue weighted by Crippen LogP contribution is -2.44. The van der Waals surface area contributed by atoms with Gasteiger partial charge in [-0.25, -0.2) is 9.18 Å². The zero-order chi connectivity index (χ0) is 16.8. The Bertz CT molecular complexity index is 535. The number of hydrogen-bond donors (Lipinski definition) is 1. The number of likely N-dealkylation sites (tertiary alicyclic amines) is 1. The van der Waals surface area contributed by atoms with Crippen molar-refractivity contribution in [1.82, 2.24) is 10.2 Å². The fourth-order valence-electron chi connectivity index (χ4n) is 2.50. The van der Waals surface area contributed by atoms with Gasteiger partial charge < -0.3 is 19.7 Å². The summed E-state index contributed by atoms with van der Waals surface area (Å²) in [5.74, 6) is -1.28. The van der Waals surface area contributed by atoms with Crippen LogP contribution in [-0.4, -0.2) is 43.8 Å². The van der Waals surface area contributed by atoms with Gasteiger partial charge in [-0.2, -0.15) is 8.78 Å². The molecule has 0 atom stereocenters. The third-order valence-corrected chi connectivity index (χ3v) is 3.73. The molecule has 0 spiro atoms. The Balaban J connectivity index is 1.80. The third-order valence-electron chi connectivity index (χ3n) is 3.73. The first kappa shape index (κ1) is 17.4. The molecular weight excluding hydrogens is 313 g/mol. The Morgan fingerprint density at radius 3 is 2.65 bits per heavy atom. The van der Waals surface area contributed by atoms with Crippen LogP contribution in [0.2, 0.25) is 0 Å². The molecule has 0 saturated carbocycles. The fourth-order valence-corrected chi connectivity index (χ4v) is 2.50. The number of benzene rings is 1. The molecule has 0 radical (unpaired) electrons. The number of methoxy groups -OCH3 is 1. The van der Waals surface area contributed by atoms with E-state index in [0.717, 1.165) is 12.8 Å². The van der Waals surface area contributed by atoms with Gasteiger partial charge in [0.05, 0.1) is 7.11 Å². The first-order valence-corrected chi connectivity index (χ1v) is 7.29. The Hall–Kier alpha value is -1.96. The number of rotatable bonds is 5. The quantitative estimate of drug-likeness (QED) is 0.901. The summed E-state index contributed by atoms with van der Waals surface area (Å²) in [6.07, 6.45) is 1.20. The SMILES string of the molecule is COC(=O)N1CCC(NCc2ccc(OC(F)F)c(F)c2)CC1. The van der Waals surface area contributed by atoms with Crippen LogP contribution in [0.15, 0.2) is 18.2 Å². The second-order valence-electron chi connectivity index (χ2n) is 5.26. The van der Waals surface area contributed by atoms with Gasteiger partial charge in [-0.15, -0.1) is 0 Å². The molecular formula is C15H19F3N2O3. The minimum absolute atomic E-state index is 0.205. The Labute approximate surface area is 132 Å². The molecule has 1 aromatic rings. The van der Waals surface area contributed by atoms with Crippen LogP contribution in [0.5, 0.6) is 5.75 Å². The molecule has 0 aliphatic carbocycles. The van der Waals surface area contributed by atoms with Gasteiger partial charge >= 0.3 is 12.7 Å². The summed E-state index contributed by atoms with van der Waals surface area (Å²) in [6, 6.07) is 4.11. The van der Waals surface area contributed by atoms with E-state index in [1.165, 1.54) is 25.3 Å². The minimum Gasteiger partial charge on any atom is -0.453 e. The average molecular weight is 332 g/mol. The summed E-state index contributed by atoms with van der Waals surface area (Å²) in [5, 5.41) is 3.27. The molecule has 23 heavy (non-hydrogen) atoms. The Morgan fingerprint density at radius 1 is 1.39 bits per heavy atom. The number of nitrogens with zero attached hydrogens (tertiary/aromatic N) is 1. The Kier molecular flexibility index (Phi) is 6.09. The minimum atomic E-state index is -3.05. The molecule has 1 aliphatic heterocycles. The zero-order valence-corrected chi connectivity index (χ0v) is 12.7. The molecule has 8 heteroatoms. The monoisotopic (exact) mass is 332 g/mol. The first-order valence-electron chi connectivity index (χ1n) is 7.29. The lowest BCUT2D eigenvalue weighted by molar-refractivity contribution is -0.0522. The Morgan fingerprint density at radius 2 is 2.09 bits per heavy atom. The van der Waals surface area contributed by atoms with Gasteiger partial charge in [0.25, 0.3) is 0 Å². The highest BCUT2D eigenvalue weighted by Gasteiger charge is 2.22. The summed E-state index contributed by atoms with van der Waals surface area (Å²) in [7, 11) is 1.35. The van der Waals surface area contributed by atoms with Gasteiger partial charge in [0.2, 0.25) is 0 Å². The van der Waals surface area contributed by atoms with Crippen LogP contribution in [0.25, 0.3) is 0 Å². The number of nitrogens with one attached hydrogen (secondary N) is 1. The molecule has 0 bridgehead atoms. The fraction of sp³-hybridized carbons (Fsp3) is 0.533. The predicted molar refractivity (Wildman–Crippen MR) is 76.9 cm³/mol. The first-order chi connectivity index (χ1) is 11.0. The predicted octanol–water partition coefficient (Wildman–Crippen LogP) is 2.75. The molecule has 128 valence electrons. The average Bonchev–Trinajstić information content (AvgIpc) is 2.54. The molecule has 2 rings (SSSR count). The van der Waals surface area contributed by atoms with Crippen LogP contribution in [-0.2, 0) is 11.3 Å². The van der Waals surface area contributed by atoms with E-state index in [-0.39, 0.29) is 12.1 Å². The van der Waals surface area contributed by atoms with Gasteiger partial charge in [-0.3, -0.25) is 0 Å². The molecule has 1 aliphatic rings. The third kappa shape index (κ3) is 5.02. The summed E-state index contributed by atoms with van der Waals surface area (Å²) in [5.41, 5.74) is 0.638. The molecule has 1 saturated heterocycles. The summed E-state index contributed by atoms with van der Waals surface area (Å²) >= 11 is 0. The lowest BCUT2D eigenvalue weighted by atomic mass is 10.0. The molecule has 1 heterocycles. The highest BCUT2D eigenvalue weighted by Crippen LogP contribution is 2.21. The van der Waals surface area contributed by atoms with Crippen LogP contribution in [0.1, 0.15) is 18.4 Å². The largest absolute Gasteiger partial charge is 0.453 e. The van der Waals surface area contributed by atoms with Crippen LogP contribution >= 0.6 is 0 Å². The van der Waals surface area contributed by atoms with Crippen molar-refractivity contribution < 1.29 is 27.4 Å². The van der Waals surface area contributed by atoms with Gasteiger partial charge in [-0.1, -0.05) is 6.07 Å². The van der Waals surface area contributed by atoms with Crippen LogP contribution < -0.4 is 10.1 Å². The van der Waals surface area contributed by atoms with E-state index < -0.39 is 18.2 Å². The van der Waals surface area contributed by atoms with E-state index in [1.807, 2.05) is 0 Å². The van der Waals surface area contributed by atoms with E-state index in [1.54, 1.807) is 4.90 Å². The molecule has 5 nitrogen and oxygen atoms in total. The van der Waals surface area contributed by atoms with E-state index in [4.69, 9.17) is 0 Å². The van der Waals surface area contributed by atoms with E-state index in [2.05, 4.69) is 14.8 Å². The smallest absolute Gasteiger partial charge is 0.409 e. The number of ether oxygens (including phenoxy) is 2. The maximum absolute atomic E-state index is 13.6. The highest BCUT2D eigenvalue weighted by atomic mass is 19.3. The zero-order valence-electron chi connectivity index (χ0n) is 12.7. The summed E-state index contributed by atoms with van der Waals surface area (Å²) in [6.45, 7) is -1.44. The summed E-state index contributed by atoms with van der Waals surface area (Å²) in [4.78, 5) is 13.0. The molecule has 1 N–H and O–H groups in total. The van der Waals surface area contributed by atoms with E-state index in [0.29, 0.717) is 25.2 Å². The normalized spacial score (nSPS) is 15.8. The second kappa shape index (κ2) is 8.05. The topological polar surface area (TPSA) is 50.8 Å². The summed E-state index contributed by atoms with van der Waals surface area (Å²) < 4.78 is 46.5. The van der Waals surface area contributed by atoms with Crippen molar-refractivity contribution in [2.24, 2.45) is 0 Å². The maximum Gasteiger partial charge on any atom is 0.409 e. The molecule has 1 aromatic carbocycles.